The van der Waals surface area contributed by atoms with Crippen LogP contribution in [0.25, 0.3) is 11.0 Å². The molecular formula is C22H25N3O5. The number of ketones is 1. The minimum Gasteiger partial charge on any atom is -0.493 e. The van der Waals surface area contributed by atoms with E-state index in [4.69, 9.17) is 14.2 Å². The molecule has 0 aliphatic heterocycles. The number of Topliss-reactive ketones (excluding diaryl/α,β-unsaturated/α-hetero) is 1. The Kier molecular flexibility index (Phi) is 6.25. The maximum absolute atomic E-state index is 12.8. The number of benzene rings is 2. The van der Waals surface area contributed by atoms with Crippen LogP contribution in [0.5, 0.6) is 17.2 Å². The van der Waals surface area contributed by atoms with Gasteiger partial charge in [0.25, 0.3) is 5.91 Å². The van der Waals surface area contributed by atoms with Gasteiger partial charge in [0.05, 0.1) is 44.9 Å². The molecule has 8 nitrogen and oxygen atoms in total. The van der Waals surface area contributed by atoms with E-state index in [0.29, 0.717) is 28.6 Å². The largest absolute Gasteiger partial charge is 0.493 e. The van der Waals surface area contributed by atoms with Crippen molar-refractivity contribution in [2.45, 2.75) is 26.4 Å². The number of nitrogens with one attached hydrogen (secondary N) is 1. The third-order valence-electron chi connectivity index (χ3n) is 4.98. The zero-order valence-corrected chi connectivity index (χ0v) is 17.7. The number of aromatic nitrogens is 2. The fourth-order valence-corrected chi connectivity index (χ4v) is 3.31. The number of nitrogens with zero attached hydrogens (tertiary/aromatic N) is 2. The Balaban J connectivity index is 1.91. The number of amides is 1. The van der Waals surface area contributed by atoms with Crippen LogP contribution in [0.4, 0.5) is 0 Å². The molecule has 0 bridgehead atoms. The van der Waals surface area contributed by atoms with Gasteiger partial charge in [-0.3, -0.25) is 9.59 Å². The Bertz CT molecular complexity index is 1060. The van der Waals surface area contributed by atoms with Crippen LogP contribution in [0.2, 0.25) is 0 Å². The van der Waals surface area contributed by atoms with Gasteiger partial charge >= 0.3 is 0 Å². The molecule has 8 heteroatoms. The normalized spacial score (nSPS) is 11.8. The molecule has 0 aliphatic rings. The first-order valence-electron chi connectivity index (χ1n) is 9.45. The van der Waals surface area contributed by atoms with E-state index in [-0.39, 0.29) is 18.2 Å². The minimum atomic E-state index is -0.398. The van der Waals surface area contributed by atoms with Crippen molar-refractivity contribution in [3.8, 4) is 17.2 Å². The molecular weight excluding hydrogens is 386 g/mol. The van der Waals surface area contributed by atoms with Gasteiger partial charge in [0.15, 0.2) is 17.3 Å². The van der Waals surface area contributed by atoms with Crippen molar-refractivity contribution in [3.05, 3.63) is 47.8 Å². The van der Waals surface area contributed by atoms with E-state index in [1.54, 1.807) is 12.1 Å². The van der Waals surface area contributed by atoms with Crippen LogP contribution in [0, 0.1) is 0 Å². The molecule has 1 N–H and O–H groups in total. The molecule has 1 aromatic heterocycles. The van der Waals surface area contributed by atoms with Crippen molar-refractivity contribution in [1.82, 2.24) is 14.9 Å². The molecule has 1 heterocycles. The van der Waals surface area contributed by atoms with E-state index in [9.17, 15) is 9.59 Å². The first-order chi connectivity index (χ1) is 14.4. The second-order valence-corrected chi connectivity index (χ2v) is 6.77. The highest BCUT2D eigenvalue weighted by Gasteiger charge is 2.21. The summed E-state index contributed by atoms with van der Waals surface area (Å²) < 4.78 is 17.8. The van der Waals surface area contributed by atoms with Crippen LogP contribution in [0.3, 0.4) is 0 Å². The number of carbonyl (C=O) groups excluding carboxylic acids is 2. The zero-order valence-electron chi connectivity index (χ0n) is 17.7. The second-order valence-electron chi connectivity index (χ2n) is 6.77. The summed E-state index contributed by atoms with van der Waals surface area (Å²) in [5.74, 6) is 1.46. The summed E-state index contributed by atoms with van der Waals surface area (Å²) in [5, 5.41) is 2.87. The molecule has 1 atom stereocenters. The predicted molar refractivity (Wildman–Crippen MR) is 112 cm³/mol. The third-order valence-corrected chi connectivity index (χ3v) is 4.98. The monoisotopic (exact) mass is 411 g/mol. The summed E-state index contributed by atoms with van der Waals surface area (Å²) in [6.45, 7) is 3.51. The van der Waals surface area contributed by atoms with Gasteiger partial charge in [0.1, 0.15) is 5.82 Å². The van der Waals surface area contributed by atoms with Crippen molar-refractivity contribution in [2.24, 2.45) is 0 Å². The summed E-state index contributed by atoms with van der Waals surface area (Å²) in [5.41, 5.74) is 1.96. The molecule has 0 radical (unpaired) electrons. The number of methoxy groups -OCH3 is 3. The summed E-state index contributed by atoms with van der Waals surface area (Å²) in [4.78, 5) is 29.4. The van der Waals surface area contributed by atoms with Crippen LogP contribution >= 0.6 is 0 Å². The lowest BCUT2D eigenvalue weighted by Gasteiger charge is -2.16. The molecule has 158 valence electrons. The van der Waals surface area contributed by atoms with Crippen molar-refractivity contribution in [3.63, 3.8) is 0 Å². The fourth-order valence-electron chi connectivity index (χ4n) is 3.31. The number of ether oxygens (including phenoxy) is 3. The molecule has 2 aromatic carbocycles. The molecule has 3 rings (SSSR count). The van der Waals surface area contributed by atoms with Crippen LogP contribution in [-0.2, 0) is 11.3 Å². The van der Waals surface area contributed by atoms with E-state index in [0.717, 1.165) is 11.0 Å². The van der Waals surface area contributed by atoms with Crippen LogP contribution in [0.15, 0.2) is 36.4 Å². The quantitative estimate of drug-likeness (QED) is 0.612. The number of rotatable bonds is 8. The molecule has 0 fully saturated rings. The second kappa shape index (κ2) is 8.86. The van der Waals surface area contributed by atoms with Gasteiger partial charge in [0.2, 0.25) is 5.75 Å². The topological polar surface area (TPSA) is 91.7 Å². The lowest BCUT2D eigenvalue weighted by atomic mass is 10.1. The smallest absolute Gasteiger partial charge is 0.251 e. The van der Waals surface area contributed by atoms with Gasteiger partial charge in [-0.15, -0.1) is 0 Å². The van der Waals surface area contributed by atoms with Gasteiger partial charge < -0.3 is 24.1 Å². The highest BCUT2D eigenvalue weighted by molar-refractivity contribution is 5.95. The zero-order chi connectivity index (χ0) is 21.8. The molecule has 3 aromatic rings. The van der Waals surface area contributed by atoms with Crippen LogP contribution in [0.1, 0.15) is 36.1 Å². The molecule has 0 saturated heterocycles. The SMILES string of the molecule is COc1cc(C(=O)NCc2nc3ccccc3n2C(C)C(C)=O)cc(OC)c1OC. The van der Waals surface area contributed by atoms with Crippen molar-refractivity contribution < 1.29 is 23.8 Å². The fraction of sp³-hybridized carbons (Fsp3) is 0.318. The Morgan fingerprint density at radius 3 is 2.27 bits per heavy atom. The lowest BCUT2D eigenvalue weighted by Crippen LogP contribution is -2.26. The van der Waals surface area contributed by atoms with E-state index in [2.05, 4.69) is 10.3 Å². The summed E-state index contributed by atoms with van der Waals surface area (Å²) in [6.07, 6.45) is 0. The molecule has 1 unspecified atom stereocenters. The van der Waals surface area contributed by atoms with Crippen LogP contribution < -0.4 is 19.5 Å². The standard InChI is InChI=1S/C22H25N3O5/c1-13(14(2)26)25-17-9-7-6-8-16(17)24-20(25)12-23-22(27)15-10-18(28-3)21(30-5)19(11-15)29-4/h6-11,13H,12H2,1-5H3,(H,23,27). The molecule has 1 amide bonds. The summed E-state index contributed by atoms with van der Waals surface area (Å²) >= 11 is 0. The Morgan fingerprint density at radius 1 is 1.07 bits per heavy atom. The molecule has 0 spiro atoms. The number of imidazole rings is 1. The lowest BCUT2D eigenvalue weighted by molar-refractivity contribution is -0.119. The Morgan fingerprint density at radius 2 is 1.70 bits per heavy atom. The average molecular weight is 411 g/mol. The Hall–Kier alpha value is -3.55. The number of carbonyl (C=O) groups is 2. The minimum absolute atomic E-state index is 0.00959. The van der Waals surface area contributed by atoms with E-state index in [1.165, 1.54) is 28.3 Å². The molecule has 0 saturated carbocycles. The molecule has 30 heavy (non-hydrogen) atoms. The summed E-state index contributed by atoms with van der Waals surface area (Å²) in [6, 6.07) is 10.3. The van der Waals surface area contributed by atoms with E-state index >= 15 is 0 Å². The predicted octanol–water partition coefficient (Wildman–Crippen LogP) is 3.14. The van der Waals surface area contributed by atoms with Crippen molar-refractivity contribution >= 4 is 22.7 Å². The van der Waals surface area contributed by atoms with Crippen LogP contribution in [-0.4, -0.2) is 42.6 Å². The van der Waals surface area contributed by atoms with Gasteiger partial charge in [-0.2, -0.15) is 0 Å². The van der Waals surface area contributed by atoms with Gasteiger partial charge in [0, 0.05) is 5.56 Å². The third kappa shape index (κ3) is 3.94. The van der Waals surface area contributed by atoms with Gasteiger partial charge in [-0.05, 0) is 38.1 Å². The van der Waals surface area contributed by atoms with E-state index < -0.39 is 6.04 Å². The number of hydrogen-bond acceptors (Lipinski definition) is 6. The van der Waals surface area contributed by atoms with E-state index in [1.807, 2.05) is 35.8 Å². The number of fused-ring (bicyclic) bond motifs is 1. The maximum Gasteiger partial charge on any atom is 0.251 e. The average Bonchev–Trinajstić information content (AvgIpc) is 3.13. The number of para-hydroxylation sites is 2. The van der Waals surface area contributed by atoms with Crippen molar-refractivity contribution in [1.29, 1.82) is 0 Å². The van der Waals surface area contributed by atoms with Gasteiger partial charge in [-0.25, -0.2) is 4.98 Å². The van der Waals surface area contributed by atoms with Crippen molar-refractivity contribution in [2.75, 3.05) is 21.3 Å². The summed E-state index contributed by atoms with van der Waals surface area (Å²) in [7, 11) is 4.48. The first-order valence-corrected chi connectivity index (χ1v) is 9.45. The first kappa shape index (κ1) is 21.2. The number of hydrogen-bond donors (Lipinski definition) is 1. The molecule has 0 aliphatic carbocycles. The van der Waals surface area contributed by atoms with Gasteiger partial charge in [-0.1, -0.05) is 12.1 Å². The Labute approximate surface area is 174 Å². The highest BCUT2D eigenvalue weighted by Crippen LogP contribution is 2.38. The maximum atomic E-state index is 12.8. The highest BCUT2D eigenvalue weighted by atomic mass is 16.5.